The van der Waals surface area contributed by atoms with Crippen LogP contribution in [0.15, 0.2) is 48.5 Å². The largest absolute Gasteiger partial charge is 0.508 e. The van der Waals surface area contributed by atoms with E-state index in [1.807, 2.05) is 0 Å². The molecule has 2 aromatic carbocycles. The topological polar surface area (TPSA) is 72.6 Å². The van der Waals surface area contributed by atoms with Gasteiger partial charge in [0, 0.05) is 12.1 Å². The molecule has 2 aromatic rings. The van der Waals surface area contributed by atoms with Crippen LogP contribution in [-0.4, -0.2) is 10.0 Å². The Bertz CT molecular complexity index is 568. The highest BCUT2D eigenvalue weighted by Crippen LogP contribution is 2.22. The van der Waals surface area contributed by atoms with Crippen LogP contribution in [0.3, 0.4) is 0 Å². The van der Waals surface area contributed by atoms with Crippen molar-refractivity contribution < 1.29 is 14.8 Å². The van der Waals surface area contributed by atoms with Crippen LogP contribution in [0.1, 0.15) is 5.56 Å². The monoisotopic (exact) mass is 245 g/mol. The average Bonchev–Trinajstić information content (AvgIpc) is 2.37. The molecule has 0 radical (unpaired) electrons. The van der Waals surface area contributed by atoms with Crippen molar-refractivity contribution in [3.8, 4) is 11.5 Å². The molecule has 5 heteroatoms. The van der Waals surface area contributed by atoms with Gasteiger partial charge in [0.1, 0.15) is 18.1 Å². The summed E-state index contributed by atoms with van der Waals surface area (Å²) in [5.74, 6) is 0.559. The van der Waals surface area contributed by atoms with E-state index in [2.05, 4.69) is 0 Å². The Morgan fingerprint density at radius 3 is 2.67 bits per heavy atom. The van der Waals surface area contributed by atoms with Crippen molar-refractivity contribution in [2.24, 2.45) is 0 Å². The zero-order chi connectivity index (χ0) is 13.0. The molecule has 92 valence electrons. The fourth-order valence-electron chi connectivity index (χ4n) is 1.55. The molecule has 0 aromatic heterocycles. The number of para-hydroxylation sites is 1. The lowest BCUT2D eigenvalue weighted by atomic mass is 10.2. The van der Waals surface area contributed by atoms with Crippen molar-refractivity contribution in [3.63, 3.8) is 0 Å². The van der Waals surface area contributed by atoms with Gasteiger partial charge in [-0.2, -0.15) is 0 Å². The van der Waals surface area contributed by atoms with E-state index in [0.29, 0.717) is 11.3 Å². The van der Waals surface area contributed by atoms with Gasteiger partial charge >= 0.3 is 0 Å². The van der Waals surface area contributed by atoms with Gasteiger partial charge in [-0.1, -0.05) is 18.2 Å². The van der Waals surface area contributed by atoms with Crippen molar-refractivity contribution >= 4 is 5.69 Å². The number of phenols is 1. The highest BCUT2D eigenvalue weighted by atomic mass is 16.6. The predicted octanol–water partition coefficient (Wildman–Crippen LogP) is 2.88. The van der Waals surface area contributed by atoms with Crippen LogP contribution in [0.2, 0.25) is 0 Å². The van der Waals surface area contributed by atoms with E-state index in [1.54, 1.807) is 30.3 Å². The van der Waals surface area contributed by atoms with Crippen molar-refractivity contribution in [1.29, 1.82) is 0 Å². The maximum atomic E-state index is 10.8. The maximum Gasteiger partial charge on any atom is 0.276 e. The van der Waals surface area contributed by atoms with Gasteiger partial charge in [-0.3, -0.25) is 10.1 Å². The summed E-state index contributed by atoms with van der Waals surface area (Å²) in [6, 6.07) is 12.7. The van der Waals surface area contributed by atoms with E-state index in [0.717, 1.165) is 0 Å². The molecule has 2 rings (SSSR count). The van der Waals surface area contributed by atoms with E-state index >= 15 is 0 Å². The lowest BCUT2D eigenvalue weighted by molar-refractivity contribution is -0.385. The number of hydrogen-bond acceptors (Lipinski definition) is 4. The Morgan fingerprint density at radius 1 is 1.17 bits per heavy atom. The molecule has 0 atom stereocenters. The first-order chi connectivity index (χ1) is 8.66. The van der Waals surface area contributed by atoms with E-state index in [1.165, 1.54) is 18.2 Å². The Hall–Kier alpha value is -2.56. The van der Waals surface area contributed by atoms with Crippen molar-refractivity contribution in [2.45, 2.75) is 6.61 Å². The minimum atomic E-state index is -0.443. The highest BCUT2D eigenvalue weighted by molar-refractivity contribution is 5.40. The molecule has 0 saturated heterocycles. The number of ether oxygens (including phenoxy) is 1. The number of aromatic hydroxyl groups is 1. The molecule has 1 N–H and O–H groups in total. The molecular weight excluding hydrogens is 234 g/mol. The van der Waals surface area contributed by atoms with Crippen LogP contribution in [0, 0.1) is 10.1 Å². The number of rotatable bonds is 4. The average molecular weight is 245 g/mol. The third kappa shape index (κ3) is 2.76. The molecule has 0 aliphatic carbocycles. The summed E-state index contributed by atoms with van der Waals surface area (Å²) in [6.45, 7) is 0.0839. The second-order valence-corrected chi connectivity index (χ2v) is 3.67. The number of nitro benzene ring substituents is 1. The van der Waals surface area contributed by atoms with E-state index in [-0.39, 0.29) is 18.0 Å². The molecular formula is C13H11NO4. The number of nitrogens with zero attached hydrogens (tertiary/aromatic N) is 1. The zero-order valence-electron chi connectivity index (χ0n) is 9.45. The van der Waals surface area contributed by atoms with Crippen LogP contribution in [0.4, 0.5) is 5.69 Å². The summed E-state index contributed by atoms with van der Waals surface area (Å²) in [7, 11) is 0. The van der Waals surface area contributed by atoms with E-state index in [9.17, 15) is 15.2 Å². The Morgan fingerprint density at radius 2 is 1.94 bits per heavy atom. The summed E-state index contributed by atoms with van der Waals surface area (Å²) in [5, 5.41) is 20.1. The molecule has 0 aliphatic rings. The summed E-state index contributed by atoms with van der Waals surface area (Å²) < 4.78 is 5.40. The first-order valence-corrected chi connectivity index (χ1v) is 5.31. The van der Waals surface area contributed by atoms with Gasteiger partial charge in [-0.15, -0.1) is 0 Å². The third-order valence-electron chi connectivity index (χ3n) is 2.40. The van der Waals surface area contributed by atoms with Crippen molar-refractivity contribution in [2.75, 3.05) is 0 Å². The number of benzene rings is 2. The summed E-state index contributed by atoms with van der Waals surface area (Å²) >= 11 is 0. The second kappa shape index (κ2) is 5.18. The first kappa shape index (κ1) is 11.9. The van der Waals surface area contributed by atoms with Crippen molar-refractivity contribution in [3.05, 3.63) is 64.2 Å². The SMILES string of the molecule is O=[N+]([O-])c1ccccc1COc1cccc(O)c1. The van der Waals surface area contributed by atoms with Gasteiger partial charge < -0.3 is 9.84 Å². The normalized spacial score (nSPS) is 10.0. The first-order valence-electron chi connectivity index (χ1n) is 5.31. The number of phenolic OH excluding ortho intramolecular Hbond substituents is 1. The van der Waals surface area contributed by atoms with E-state index in [4.69, 9.17) is 4.74 Å². The van der Waals surface area contributed by atoms with Gasteiger partial charge in [0.2, 0.25) is 0 Å². The van der Waals surface area contributed by atoms with Crippen LogP contribution >= 0.6 is 0 Å². The smallest absolute Gasteiger partial charge is 0.276 e. The van der Waals surface area contributed by atoms with Gasteiger partial charge in [0.25, 0.3) is 5.69 Å². The van der Waals surface area contributed by atoms with Gasteiger partial charge in [-0.25, -0.2) is 0 Å². The Labute approximate surface area is 103 Å². The molecule has 5 nitrogen and oxygen atoms in total. The van der Waals surface area contributed by atoms with Crippen molar-refractivity contribution in [1.82, 2.24) is 0 Å². The van der Waals surface area contributed by atoms with Crippen LogP contribution in [-0.2, 0) is 6.61 Å². The predicted molar refractivity (Wildman–Crippen MR) is 65.5 cm³/mol. The molecule has 0 saturated carbocycles. The maximum absolute atomic E-state index is 10.8. The fraction of sp³-hybridized carbons (Fsp3) is 0.0769. The third-order valence-corrected chi connectivity index (χ3v) is 2.40. The summed E-state index contributed by atoms with van der Waals surface area (Å²) in [4.78, 5) is 10.4. The molecule has 0 fully saturated rings. The van der Waals surface area contributed by atoms with Gasteiger partial charge in [0.05, 0.1) is 10.5 Å². The quantitative estimate of drug-likeness (QED) is 0.664. The van der Waals surface area contributed by atoms with Crippen LogP contribution in [0.5, 0.6) is 11.5 Å². The Balaban J connectivity index is 2.13. The summed E-state index contributed by atoms with van der Waals surface area (Å²) in [5.41, 5.74) is 0.517. The van der Waals surface area contributed by atoms with Crippen LogP contribution in [0.25, 0.3) is 0 Å². The Kier molecular flexibility index (Phi) is 3.43. The molecule has 18 heavy (non-hydrogen) atoms. The zero-order valence-corrected chi connectivity index (χ0v) is 9.45. The summed E-state index contributed by atoms with van der Waals surface area (Å²) in [6.07, 6.45) is 0. The molecule has 0 amide bonds. The lowest BCUT2D eigenvalue weighted by Crippen LogP contribution is -2.00. The molecule has 0 heterocycles. The number of hydrogen-bond donors (Lipinski definition) is 1. The second-order valence-electron chi connectivity index (χ2n) is 3.67. The minimum absolute atomic E-state index is 0.0256. The van der Waals surface area contributed by atoms with Gasteiger partial charge in [-0.05, 0) is 18.2 Å². The highest BCUT2D eigenvalue weighted by Gasteiger charge is 2.12. The van der Waals surface area contributed by atoms with Gasteiger partial charge in [0.15, 0.2) is 0 Å². The lowest BCUT2D eigenvalue weighted by Gasteiger charge is -2.06. The molecule has 0 spiro atoms. The molecule has 0 bridgehead atoms. The minimum Gasteiger partial charge on any atom is -0.508 e. The van der Waals surface area contributed by atoms with Crippen LogP contribution < -0.4 is 4.74 Å². The fourth-order valence-corrected chi connectivity index (χ4v) is 1.55. The molecule has 0 unspecified atom stereocenters. The molecule has 0 aliphatic heterocycles. The van der Waals surface area contributed by atoms with E-state index < -0.39 is 4.92 Å². The standard InChI is InChI=1S/C13H11NO4/c15-11-5-3-6-12(8-11)18-9-10-4-1-2-7-13(10)14(16)17/h1-8,15H,9H2. The number of nitro groups is 1.